The Balaban J connectivity index is 0.00000300. The highest BCUT2D eigenvalue weighted by Gasteiger charge is 2.13. The zero-order chi connectivity index (χ0) is 20.0. The van der Waals surface area contributed by atoms with E-state index in [-0.39, 0.29) is 36.4 Å². The summed E-state index contributed by atoms with van der Waals surface area (Å²) in [6, 6.07) is 14.3. The van der Waals surface area contributed by atoms with Crippen LogP contribution in [0.1, 0.15) is 37.5 Å². The second-order valence-electron chi connectivity index (χ2n) is 7.69. The first kappa shape index (κ1) is 23.3. The topological polar surface area (TPSA) is 64.1 Å². The van der Waals surface area contributed by atoms with Gasteiger partial charge in [0.05, 0.1) is 12.2 Å². The molecular weight excluding hydrogens is 481 g/mol. The molecular formula is C22H30IN3O3. The number of ether oxygens (including phenoxy) is 3. The summed E-state index contributed by atoms with van der Waals surface area (Å²) in [7, 11) is 1.77. The van der Waals surface area contributed by atoms with Gasteiger partial charge in [0.1, 0.15) is 0 Å². The van der Waals surface area contributed by atoms with Crippen molar-refractivity contribution in [1.82, 2.24) is 10.6 Å². The lowest BCUT2D eigenvalue weighted by atomic mass is 10.1. The second kappa shape index (κ2) is 10.7. The van der Waals surface area contributed by atoms with E-state index in [2.05, 4.69) is 60.7 Å². The van der Waals surface area contributed by atoms with E-state index in [1.54, 1.807) is 7.05 Å². The van der Waals surface area contributed by atoms with E-state index >= 15 is 0 Å². The van der Waals surface area contributed by atoms with Crippen LogP contribution in [-0.4, -0.2) is 25.4 Å². The zero-order valence-corrected chi connectivity index (χ0v) is 19.8. The molecule has 0 spiro atoms. The first-order valence-corrected chi connectivity index (χ1v) is 9.48. The first-order chi connectivity index (χ1) is 13.4. The number of hydrogen-bond donors (Lipinski definition) is 2. The van der Waals surface area contributed by atoms with Crippen molar-refractivity contribution in [3.8, 4) is 11.5 Å². The second-order valence-corrected chi connectivity index (χ2v) is 7.69. The normalized spacial score (nSPS) is 13.0. The first-order valence-electron chi connectivity index (χ1n) is 9.48. The predicted molar refractivity (Wildman–Crippen MR) is 126 cm³/mol. The molecule has 2 aromatic carbocycles. The minimum atomic E-state index is -0.144. The maximum absolute atomic E-state index is 5.86. The van der Waals surface area contributed by atoms with E-state index in [0.29, 0.717) is 19.7 Å². The Morgan fingerprint density at radius 1 is 0.966 bits per heavy atom. The van der Waals surface area contributed by atoms with Gasteiger partial charge >= 0.3 is 0 Å². The van der Waals surface area contributed by atoms with E-state index in [0.717, 1.165) is 28.6 Å². The lowest BCUT2D eigenvalue weighted by Gasteiger charge is -2.19. The van der Waals surface area contributed by atoms with Crippen molar-refractivity contribution in [1.29, 1.82) is 0 Å². The Morgan fingerprint density at radius 3 is 2.31 bits per heavy atom. The van der Waals surface area contributed by atoms with Crippen molar-refractivity contribution in [2.75, 3.05) is 13.8 Å². The molecule has 0 unspecified atom stereocenters. The summed E-state index contributed by atoms with van der Waals surface area (Å²) in [4.78, 5) is 4.30. The molecule has 7 heteroatoms. The average Bonchev–Trinajstić information content (AvgIpc) is 3.14. The predicted octanol–water partition coefficient (Wildman–Crippen LogP) is 4.21. The summed E-state index contributed by atoms with van der Waals surface area (Å²) in [5.41, 5.74) is 3.31. The van der Waals surface area contributed by atoms with Gasteiger partial charge in [0.15, 0.2) is 17.5 Å². The lowest BCUT2D eigenvalue weighted by molar-refractivity contribution is -0.0149. The summed E-state index contributed by atoms with van der Waals surface area (Å²) in [6.45, 7) is 8.42. The Morgan fingerprint density at radius 2 is 1.62 bits per heavy atom. The molecule has 158 valence electrons. The van der Waals surface area contributed by atoms with Crippen LogP contribution in [0, 0.1) is 0 Å². The van der Waals surface area contributed by atoms with Crippen molar-refractivity contribution in [2.24, 2.45) is 4.99 Å². The third-order valence-corrected chi connectivity index (χ3v) is 4.24. The molecule has 6 nitrogen and oxygen atoms in total. The fourth-order valence-electron chi connectivity index (χ4n) is 2.77. The third-order valence-electron chi connectivity index (χ3n) is 4.24. The van der Waals surface area contributed by atoms with Crippen LogP contribution in [0.15, 0.2) is 47.5 Å². The number of benzene rings is 2. The van der Waals surface area contributed by atoms with Crippen LogP contribution in [0.4, 0.5) is 0 Å². The van der Waals surface area contributed by atoms with Gasteiger partial charge < -0.3 is 24.8 Å². The van der Waals surface area contributed by atoms with Gasteiger partial charge in [-0.1, -0.05) is 30.3 Å². The minimum Gasteiger partial charge on any atom is -0.454 e. The molecule has 0 aliphatic carbocycles. The van der Waals surface area contributed by atoms with Crippen LogP contribution in [-0.2, 0) is 24.4 Å². The third kappa shape index (κ3) is 7.40. The number of nitrogens with one attached hydrogen (secondary N) is 2. The molecule has 0 fully saturated rings. The standard InChI is InChI=1S/C22H29N3O3.HI/c1-22(2,3)28-14-18-7-5-6-16(10-18)12-24-21(23-4)25-13-17-8-9-19-20(11-17)27-15-26-19;/h5-11H,12-15H2,1-4H3,(H2,23,24,25);1H. The number of nitrogens with zero attached hydrogens (tertiary/aromatic N) is 1. The molecule has 0 radical (unpaired) electrons. The fraction of sp³-hybridized carbons (Fsp3) is 0.409. The van der Waals surface area contributed by atoms with Gasteiger partial charge in [-0.2, -0.15) is 0 Å². The summed E-state index contributed by atoms with van der Waals surface area (Å²) in [6.07, 6.45) is 0. The molecule has 0 saturated heterocycles. The monoisotopic (exact) mass is 511 g/mol. The van der Waals surface area contributed by atoms with Gasteiger partial charge in [-0.25, -0.2) is 0 Å². The van der Waals surface area contributed by atoms with Gasteiger partial charge in [0.2, 0.25) is 6.79 Å². The number of rotatable bonds is 6. The van der Waals surface area contributed by atoms with Crippen LogP contribution in [0.5, 0.6) is 11.5 Å². The van der Waals surface area contributed by atoms with Crippen LogP contribution in [0.2, 0.25) is 0 Å². The summed E-state index contributed by atoms with van der Waals surface area (Å²) in [5.74, 6) is 2.33. The Labute approximate surface area is 190 Å². The number of halogens is 1. The molecule has 0 aromatic heterocycles. The zero-order valence-electron chi connectivity index (χ0n) is 17.5. The molecule has 1 heterocycles. The molecule has 3 rings (SSSR count). The molecule has 0 bridgehead atoms. The van der Waals surface area contributed by atoms with Crippen molar-refractivity contribution in [3.63, 3.8) is 0 Å². The molecule has 0 saturated carbocycles. The highest BCUT2D eigenvalue weighted by molar-refractivity contribution is 14.0. The van der Waals surface area contributed by atoms with Gasteiger partial charge in [-0.15, -0.1) is 24.0 Å². The summed E-state index contributed by atoms with van der Waals surface area (Å²) in [5, 5.41) is 6.67. The smallest absolute Gasteiger partial charge is 0.231 e. The van der Waals surface area contributed by atoms with E-state index in [1.807, 2.05) is 18.2 Å². The highest BCUT2D eigenvalue weighted by Crippen LogP contribution is 2.32. The van der Waals surface area contributed by atoms with Gasteiger partial charge in [-0.05, 0) is 49.6 Å². The molecule has 1 aliphatic rings. The number of guanidine groups is 1. The van der Waals surface area contributed by atoms with Crippen LogP contribution < -0.4 is 20.1 Å². The Bertz CT molecular complexity index is 834. The van der Waals surface area contributed by atoms with Crippen molar-refractivity contribution >= 4 is 29.9 Å². The van der Waals surface area contributed by atoms with Crippen molar-refractivity contribution in [2.45, 2.75) is 46.1 Å². The number of fused-ring (bicyclic) bond motifs is 1. The quantitative estimate of drug-likeness (QED) is 0.346. The Kier molecular flexibility index (Phi) is 8.58. The van der Waals surface area contributed by atoms with Crippen LogP contribution in [0.25, 0.3) is 0 Å². The maximum Gasteiger partial charge on any atom is 0.231 e. The van der Waals surface area contributed by atoms with Gasteiger partial charge in [0.25, 0.3) is 0 Å². The van der Waals surface area contributed by atoms with E-state index in [4.69, 9.17) is 14.2 Å². The molecule has 29 heavy (non-hydrogen) atoms. The molecule has 2 N–H and O–H groups in total. The Hall–Kier alpha value is -2.00. The highest BCUT2D eigenvalue weighted by atomic mass is 127. The van der Waals surface area contributed by atoms with E-state index in [1.165, 1.54) is 5.56 Å². The maximum atomic E-state index is 5.86. The van der Waals surface area contributed by atoms with Crippen LogP contribution >= 0.6 is 24.0 Å². The fourth-order valence-corrected chi connectivity index (χ4v) is 2.77. The molecule has 0 amide bonds. The van der Waals surface area contributed by atoms with Crippen LogP contribution in [0.3, 0.4) is 0 Å². The number of aliphatic imine (C=N–C) groups is 1. The van der Waals surface area contributed by atoms with Crippen molar-refractivity contribution < 1.29 is 14.2 Å². The molecule has 1 aliphatic heterocycles. The van der Waals surface area contributed by atoms with Gasteiger partial charge in [0, 0.05) is 20.1 Å². The SMILES string of the molecule is CN=C(NCc1cccc(COC(C)(C)C)c1)NCc1ccc2c(c1)OCO2.I. The average molecular weight is 511 g/mol. The number of hydrogen-bond acceptors (Lipinski definition) is 4. The largest absolute Gasteiger partial charge is 0.454 e. The van der Waals surface area contributed by atoms with Crippen molar-refractivity contribution in [3.05, 3.63) is 59.2 Å². The minimum absolute atomic E-state index is 0. The van der Waals surface area contributed by atoms with Gasteiger partial charge in [-0.3, -0.25) is 4.99 Å². The lowest BCUT2D eigenvalue weighted by Crippen LogP contribution is -2.36. The summed E-state index contributed by atoms with van der Waals surface area (Å²) < 4.78 is 16.6. The molecule has 2 aromatic rings. The molecule has 0 atom stereocenters. The van der Waals surface area contributed by atoms with E-state index < -0.39 is 0 Å². The van der Waals surface area contributed by atoms with E-state index in [9.17, 15) is 0 Å². The summed E-state index contributed by atoms with van der Waals surface area (Å²) >= 11 is 0.